The first-order valence-electron chi connectivity index (χ1n) is 4.16. The predicted octanol–water partition coefficient (Wildman–Crippen LogP) is 1.07. The molecular formula is C9H16O3. The summed E-state index contributed by atoms with van der Waals surface area (Å²) in [5, 5.41) is 9.50. The number of aliphatic hydroxyl groups is 1. The van der Waals surface area contributed by atoms with Crippen LogP contribution in [0.1, 0.15) is 20.3 Å². The lowest BCUT2D eigenvalue weighted by Gasteiger charge is -2.19. The standard InChI is InChI=1S/C9H16O3/c1-4-5-7(10)8-6-11-9(2,3)12-8/h4,7-8,10H,1,5-6H2,2-3H3/t7?,8-/m1/s1. The molecule has 1 N–H and O–H groups in total. The Kier molecular flexibility index (Phi) is 2.88. The van der Waals surface area contributed by atoms with Crippen molar-refractivity contribution in [2.45, 2.75) is 38.3 Å². The Bertz CT molecular complexity index is 165. The van der Waals surface area contributed by atoms with Gasteiger partial charge >= 0.3 is 0 Å². The van der Waals surface area contributed by atoms with Gasteiger partial charge in [0, 0.05) is 0 Å². The molecule has 1 fully saturated rings. The lowest BCUT2D eigenvalue weighted by molar-refractivity contribution is -0.150. The lowest BCUT2D eigenvalue weighted by atomic mass is 10.1. The smallest absolute Gasteiger partial charge is 0.163 e. The van der Waals surface area contributed by atoms with Crippen LogP contribution in [0.25, 0.3) is 0 Å². The summed E-state index contributed by atoms with van der Waals surface area (Å²) in [4.78, 5) is 0. The van der Waals surface area contributed by atoms with E-state index in [1.54, 1.807) is 6.08 Å². The van der Waals surface area contributed by atoms with Crippen molar-refractivity contribution >= 4 is 0 Å². The van der Waals surface area contributed by atoms with E-state index in [0.717, 1.165) is 0 Å². The third kappa shape index (κ3) is 2.30. The lowest BCUT2D eigenvalue weighted by Crippen LogP contribution is -2.30. The molecule has 12 heavy (non-hydrogen) atoms. The molecule has 2 atom stereocenters. The average molecular weight is 172 g/mol. The van der Waals surface area contributed by atoms with Crippen LogP contribution >= 0.6 is 0 Å². The zero-order valence-corrected chi connectivity index (χ0v) is 7.62. The second-order valence-corrected chi connectivity index (χ2v) is 3.46. The van der Waals surface area contributed by atoms with Crippen molar-refractivity contribution in [3.8, 4) is 0 Å². The minimum absolute atomic E-state index is 0.210. The molecule has 0 amide bonds. The molecule has 1 unspecified atom stereocenters. The van der Waals surface area contributed by atoms with Gasteiger partial charge in [-0.1, -0.05) is 6.08 Å². The number of aliphatic hydroxyl groups excluding tert-OH is 1. The van der Waals surface area contributed by atoms with Crippen molar-refractivity contribution in [2.75, 3.05) is 6.61 Å². The summed E-state index contributed by atoms with van der Waals surface area (Å²) in [5.74, 6) is -0.549. The van der Waals surface area contributed by atoms with Gasteiger partial charge in [0.2, 0.25) is 0 Å². The Morgan fingerprint density at radius 1 is 1.75 bits per heavy atom. The summed E-state index contributed by atoms with van der Waals surface area (Å²) in [6, 6.07) is 0. The zero-order chi connectivity index (χ0) is 9.19. The van der Waals surface area contributed by atoms with Gasteiger partial charge in [-0.2, -0.15) is 0 Å². The van der Waals surface area contributed by atoms with Crippen LogP contribution in [0.3, 0.4) is 0 Å². The molecule has 1 aliphatic heterocycles. The van der Waals surface area contributed by atoms with Crippen molar-refractivity contribution in [1.82, 2.24) is 0 Å². The van der Waals surface area contributed by atoms with Crippen LogP contribution in [-0.4, -0.2) is 29.7 Å². The predicted molar refractivity (Wildman–Crippen MR) is 45.7 cm³/mol. The highest BCUT2D eigenvalue weighted by Gasteiger charge is 2.36. The fraction of sp³-hybridized carbons (Fsp3) is 0.778. The summed E-state index contributed by atoms with van der Waals surface area (Å²) in [6.07, 6.45) is 1.52. The van der Waals surface area contributed by atoms with E-state index in [9.17, 15) is 5.11 Å². The SMILES string of the molecule is C=CCC(O)[C@H]1COC(C)(C)O1. The number of rotatable bonds is 3. The van der Waals surface area contributed by atoms with Crippen LogP contribution in [0.5, 0.6) is 0 Å². The second-order valence-electron chi connectivity index (χ2n) is 3.46. The Labute approximate surface area is 73.0 Å². The minimum atomic E-state index is -0.549. The third-order valence-corrected chi connectivity index (χ3v) is 1.87. The summed E-state index contributed by atoms with van der Waals surface area (Å²) >= 11 is 0. The highest BCUT2D eigenvalue weighted by atomic mass is 16.7. The molecule has 0 radical (unpaired) electrons. The zero-order valence-electron chi connectivity index (χ0n) is 7.62. The first kappa shape index (κ1) is 9.71. The molecular weight excluding hydrogens is 156 g/mol. The molecule has 3 nitrogen and oxygen atoms in total. The molecule has 0 saturated carbocycles. The summed E-state index contributed by atoms with van der Waals surface area (Å²) in [6.45, 7) is 7.69. The van der Waals surface area contributed by atoms with E-state index in [2.05, 4.69) is 6.58 Å². The van der Waals surface area contributed by atoms with E-state index in [-0.39, 0.29) is 6.10 Å². The van der Waals surface area contributed by atoms with Crippen LogP contribution < -0.4 is 0 Å². The van der Waals surface area contributed by atoms with Gasteiger partial charge in [-0.25, -0.2) is 0 Å². The van der Waals surface area contributed by atoms with Crippen LogP contribution in [0, 0.1) is 0 Å². The van der Waals surface area contributed by atoms with Gasteiger partial charge in [-0.05, 0) is 20.3 Å². The van der Waals surface area contributed by atoms with Crippen molar-refractivity contribution < 1.29 is 14.6 Å². The van der Waals surface area contributed by atoms with E-state index in [4.69, 9.17) is 9.47 Å². The molecule has 1 heterocycles. The van der Waals surface area contributed by atoms with E-state index in [1.165, 1.54) is 0 Å². The van der Waals surface area contributed by atoms with Gasteiger partial charge in [0.15, 0.2) is 5.79 Å². The molecule has 1 saturated heterocycles. The average Bonchev–Trinajstić information content (AvgIpc) is 2.31. The normalized spacial score (nSPS) is 30.1. The molecule has 0 spiro atoms. The number of hydrogen-bond acceptors (Lipinski definition) is 3. The highest BCUT2D eigenvalue weighted by Crippen LogP contribution is 2.24. The van der Waals surface area contributed by atoms with Gasteiger partial charge in [0.25, 0.3) is 0 Å². The van der Waals surface area contributed by atoms with Crippen molar-refractivity contribution in [3.05, 3.63) is 12.7 Å². The molecule has 1 aliphatic rings. The molecule has 0 bridgehead atoms. The van der Waals surface area contributed by atoms with Crippen LogP contribution in [-0.2, 0) is 9.47 Å². The van der Waals surface area contributed by atoms with E-state index < -0.39 is 11.9 Å². The van der Waals surface area contributed by atoms with Gasteiger partial charge < -0.3 is 14.6 Å². The number of hydrogen-bond donors (Lipinski definition) is 1. The monoisotopic (exact) mass is 172 g/mol. The van der Waals surface area contributed by atoms with E-state index in [0.29, 0.717) is 13.0 Å². The van der Waals surface area contributed by atoms with Crippen molar-refractivity contribution in [3.63, 3.8) is 0 Å². The van der Waals surface area contributed by atoms with Gasteiger partial charge in [0.05, 0.1) is 12.7 Å². The Balaban J connectivity index is 2.40. The van der Waals surface area contributed by atoms with Gasteiger partial charge in [-0.15, -0.1) is 6.58 Å². The Morgan fingerprint density at radius 2 is 2.42 bits per heavy atom. The molecule has 0 aromatic carbocycles. The number of ether oxygens (including phenoxy) is 2. The van der Waals surface area contributed by atoms with Crippen LogP contribution in [0.15, 0.2) is 12.7 Å². The minimum Gasteiger partial charge on any atom is -0.390 e. The summed E-state index contributed by atoms with van der Waals surface area (Å²) in [5.41, 5.74) is 0. The maximum atomic E-state index is 9.50. The molecule has 0 aromatic heterocycles. The molecule has 0 aliphatic carbocycles. The molecule has 0 aromatic rings. The second kappa shape index (κ2) is 3.56. The Hall–Kier alpha value is -0.380. The first-order valence-corrected chi connectivity index (χ1v) is 4.16. The maximum Gasteiger partial charge on any atom is 0.163 e. The topological polar surface area (TPSA) is 38.7 Å². The maximum absolute atomic E-state index is 9.50. The van der Waals surface area contributed by atoms with Crippen LogP contribution in [0.4, 0.5) is 0 Å². The quantitative estimate of drug-likeness (QED) is 0.647. The highest BCUT2D eigenvalue weighted by molar-refractivity contribution is 4.82. The largest absolute Gasteiger partial charge is 0.390 e. The van der Waals surface area contributed by atoms with E-state index >= 15 is 0 Å². The van der Waals surface area contributed by atoms with Crippen LogP contribution in [0.2, 0.25) is 0 Å². The molecule has 3 heteroatoms. The fourth-order valence-electron chi connectivity index (χ4n) is 1.23. The summed E-state index contributed by atoms with van der Waals surface area (Å²) in [7, 11) is 0. The molecule has 1 rings (SSSR count). The first-order chi connectivity index (χ1) is 5.55. The molecule has 70 valence electrons. The van der Waals surface area contributed by atoms with Gasteiger partial charge in [-0.3, -0.25) is 0 Å². The van der Waals surface area contributed by atoms with Crippen molar-refractivity contribution in [1.29, 1.82) is 0 Å². The van der Waals surface area contributed by atoms with Gasteiger partial charge in [0.1, 0.15) is 6.10 Å². The summed E-state index contributed by atoms with van der Waals surface area (Å²) < 4.78 is 10.7. The fourth-order valence-corrected chi connectivity index (χ4v) is 1.23. The van der Waals surface area contributed by atoms with E-state index in [1.807, 2.05) is 13.8 Å². The third-order valence-electron chi connectivity index (χ3n) is 1.87. The van der Waals surface area contributed by atoms with Crippen molar-refractivity contribution in [2.24, 2.45) is 0 Å². The Morgan fingerprint density at radius 3 is 2.83 bits per heavy atom.